The lowest BCUT2D eigenvalue weighted by molar-refractivity contribution is -0.119. The van der Waals surface area contributed by atoms with Gasteiger partial charge in [0.1, 0.15) is 0 Å². The minimum Gasteiger partial charge on any atom is -0.353 e. The molecule has 0 aliphatic rings. The standard InChI is InChI=1S/C13H19NOS/c1-4-11(3)14-13(15)9-16-12-8-6-5-7-10(12)2/h5-8,11H,4,9H2,1-3H3,(H,14,15)/t11-/m0/s1. The van der Waals surface area contributed by atoms with Crippen LogP contribution in [0.1, 0.15) is 25.8 Å². The van der Waals surface area contributed by atoms with Gasteiger partial charge < -0.3 is 5.32 Å². The van der Waals surface area contributed by atoms with Crippen molar-refractivity contribution in [1.29, 1.82) is 0 Å². The maximum atomic E-state index is 11.6. The molecule has 16 heavy (non-hydrogen) atoms. The smallest absolute Gasteiger partial charge is 0.230 e. The van der Waals surface area contributed by atoms with E-state index >= 15 is 0 Å². The first-order valence-electron chi connectivity index (χ1n) is 5.61. The van der Waals surface area contributed by atoms with Crippen molar-refractivity contribution in [3.63, 3.8) is 0 Å². The molecule has 0 aliphatic heterocycles. The van der Waals surface area contributed by atoms with Gasteiger partial charge in [0.25, 0.3) is 0 Å². The fraction of sp³-hybridized carbons (Fsp3) is 0.462. The van der Waals surface area contributed by atoms with Gasteiger partial charge in [-0.1, -0.05) is 25.1 Å². The maximum Gasteiger partial charge on any atom is 0.230 e. The van der Waals surface area contributed by atoms with Gasteiger partial charge in [0.2, 0.25) is 5.91 Å². The molecule has 1 rings (SSSR count). The number of amides is 1. The number of carbonyl (C=O) groups is 1. The monoisotopic (exact) mass is 237 g/mol. The lowest BCUT2D eigenvalue weighted by Crippen LogP contribution is -2.33. The third kappa shape index (κ3) is 4.27. The number of hydrogen-bond donors (Lipinski definition) is 1. The Kier molecular flexibility index (Phi) is 5.39. The molecule has 0 heterocycles. The highest BCUT2D eigenvalue weighted by Gasteiger charge is 2.06. The fourth-order valence-corrected chi connectivity index (χ4v) is 2.12. The molecule has 3 heteroatoms. The zero-order valence-electron chi connectivity index (χ0n) is 10.1. The minimum atomic E-state index is 0.114. The normalized spacial score (nSPS) is 12.2. The molecule has 0 aromatic heterocycles. The van der Waals surface area contributed by atoms with Crippen molar-refractivity contribution in [2.75, 3.05) is 5.75 Å². The number of aryl methyl sites for hydroxylation is 1. The zero-order chi connectivity index (χ0) is 12.0. The van der Waals surface area contributed by atoms with E-state index in [1.165, 1.54) is 10.5 Å². The zero-order valence-corrected chi connectivity index (χ0v) is 10.9. The van der Waals surface area contributed by atoms with Crippen LogP contribution in [0.25, 0.3) is 0 Å². The molecule has 0 bridgehead atoms. The Hall–Kier alpha value is -0.960. The van der Waals surface area contributed by atoms with E-state index in [1.807, 2.05) is 19.1 Å². The van der Waals surface area contributed by atoms with Gasteiger partial charge in [-0.3, -0.25) is 4.79 Å². The van der Waals surface area contributed by atoms with E-state index in [2.05, 4.69) is 31.3 Å². The van der Waals surface area contributed by atoms with Crippen LogP contribution < -0.4 is 5.32 Å². The molecular weight excluding hydrogens is 218 g/mol. The molecule has 0 radical (unpaired) electrons. The van der Waals surface area contributed by atoms with Crippen molar-refractivity contribution in [1.82, 2.24) is 5.32 Å². The lowest BCUT2D eigenvalue weighted by atomic mass is 10.2. The highest BCUT2D eigenvalue weighted by Crippen LogP contribution is 2.21. The van der Waals surface area contributed by atoms with Crippen LogP contribution in [-0.4, -0.2) is 17.7 Å². The molecule has 0 aliphatic carbocycles. The number of hydrogen-bond acceptors (Lipinski definition) is 2. The summed E-state index contributed by atoms with van der Waals surface area (Å²) in [7, 11) is 0. The van der Waals surface area contributed by atoms with Crippen molar-refractivity contribution in [3.05, 3.63) is 29.8 Å². The third-order valence-corrected chi connectivity index (χ3v) is 3.65. The van der Waals surface area contributed by atoms with Gasteiger partial charge in [-0.05, 0) is 31.9 Å². The second kappa shape index (κ2) is 6.59. The van der Waals surface area contributed by atoms with Crippen molar-refractivity contribution in [2.24, 2.45) is 0 Å². The van der Waals surface area contributed by atoms with Crippen molar-refractivity contribution < 1.29 is 4.79 Å². The Balaban J connectivity index is 2.40. The van der Waals surface area contributed by atoms with Crippen LogP contribution in [0.3, 0.4) is 0 Å². The number of rotatable bonds is 5. The highest BCUT2D eigenvalue weighted by molar-refractivity contribution is 8.00. The summed E-state index contributed by atoms with van der Waals surface area (Å²) in [6, 6.07) is 8.40. The van der Waals surface area contributed by atoms with Crippen LogP contribution in [0.15, 0.2) is 29.2 Å². The fourth-order valence-electron chi connectivity index (χ4n) is 1.28. The molecule has 0 spiro atoms. The van der Waals surface area contributed by atoms with E-state index in [1.54, 1.807) is 11.8 Å². The van der Waals surface area contributed by atoms with Crippen LogP contribution in [-0.2, 0) is 4.79 Å². The largest absolute Gasteiger partial charge is 0.353 e. The topological polar surface area (TPSA) is 29.1 Å². The van der Waals surface area contributed by atoms with Crippen LogP contribution in [0.4, 0.5) is 0 Å². The first-order chi connectivity index (χ1) is 7.63. The summed E-state index contributed by atoms with van der Waals surface area (Å²) in [5.74, 6) is 0.609. The Morgan fingerprint density at radius 1 is 1.44 bits per heavy atom. The third-order valence-electron chi connectivity index (χ3n) is 2.47. The predicted molar refractivity (Wildman–Crippen MR) is 69.8 cm³/mol. The van der Waals surface area contributed by atoms with Gasteiger partial charge >= 0.3 is 0 Å². The van der Waals surface area contributed by atoms with E-state index in [-0.39, 0.29) is 11.9 Å². The van der Waals surface area contributed by atoms with Gasteiger partial charge in [0.15, 0.2) is 0 Å². The first-order valence-corrected chi connectivity index (χ1v) is 6.59. The van der Waals surface area contributed by atoms with Crippen LogP contribution in [0.2, 0.25) is 0 Å². The van der Waals surface area contributed by atoms with Crippen molar-refractivity contribution in [2.45, 2.75) is 38.1 Å². The predicted octanol–water partition coefficient (Wildman–Crippen LogP) is 3.00. The molecule has 0 fully saturated rings. The Bertz CT molecular complexity index is 352. The number of benzene rings is 1. The molecule has 88 valence electrons. The van der Waals surface area contributed by atoms with Gasteiger partial charge in [-0.2, -0.15) is 0 Å². The second-order valence-electron chi connectivity index (χ2n) is 3.93. The van der Waals surface area contributed by atoms with Gasteiger partial charge in [0, 0.05) is 10.9 Å². The van der Waals surface area contributed by atoms with E-state index < -0.39 is 0 Å². The Labute approximate surface area is 102 Å². The highest BCUT2D eigenvalue weighted by atomic mass is 32.2. The molecule has 1 atom stereocenters. The summed E-state index contributed by atoms with van der Waals surface area (Å²) in [5.41, 5.74) is 1.23. The summed E-state index contributed by atoms with van der Waals surface area (Å²) < 4.78 is 0. The molecule has 0 saturated carbocycles. The molecular formula is C13H19NOS. The average Bonchev–Trinajstić information content (AvgIpc) is 2.28. The second-order valence-corrected chi connectivity index (χ2v) is 4.95. The summed E-state index contributed by atoms with van der Waals surface area (Å²) in [6.45, 7) is 6.16. The number of thioether (sulfide) groups is 1. The van der Waals surface area contributed by atoms with Crippen molar-refractivity contribution >= 4 is 17.7 Å². The van der Waals surface area contributed by atoms with Crippen LogP contribution >= 0.6 is 11.8 Å². The summed E-state index contributed by atoms with van der Waals surface area (Å²) >= 11 is 1.60. The first kappa shape index (κ1) is 13.1. The van der Waals surface area contributed by atoms with E-state index in [9.17, 15) is 4.79 Å². The maximum absolute atomic E-state index is 11.6. The van der Waals surface area contributed by atoms with Crippen molar-refractivity contribution in [3.8, 4) is 0 Å². The minimum absolute atomic E-state index is 0.114. The lowest BCUT2D eigenvalue weighted by Gasteiger charge is -2.11. The molecule has 1 amide bonds. The summed E-state index contributed by atoms with van der Waals surface area (Å²) in [6.07, 6.45) is 0.973. The Morgan fingerprint density at radius 2 is 2.12 bits per heavy atom. The molecule has 0 unspecified atom stereocenters. The summed E-state index contributed by atoms with van der Waals surface area (Å²) in [4.78, 5) is 12.7. The average molecular weight is 237 g/mol. The van der Waals surface area contributed by atoms with E-state index in [0.717, 1.165) is 6.42 Å². The van der Waals surface area contributed by atoms with Gasteiger partial charge in [-0.25, -0.2) is 0 Å². The summed E-state index contributed by atoms with van der Waals surface area (Å²) in [5, 5.41) is 2.96. The van der Waals surface area contributed by atoms with Gasteiger partial charge in [-0.15, -0.1) is 11.8 Å². The molecule has 0 saturated heterocycles. The van der Waals surface area contributed by atoms with Crippen LogP contribution in [0.5, 0.6) is 0 Å². The molecule has 1 N–H and O–H groups in total. The molecule has 1 aromatic rings. The van der Waals surface area contributed by atoms with Crippen LogP contribution in [0, 0.1) is 6.92 Å². The Morgan fingerprint density at radius 3 is 2.75 bits per heavy atom. The quantitative estimate of drug-likeness (QED) is 0.798. The SMILES string of the molecule is CC[C@H](C)NC(=O)CSc1ccccc1C. The number of nitrogens with one attached hydrogen (secondary N) is 1. The van der Waals surface area contributed by atoms with E-state index in [4.69, 9.17) is 0 Å². The molecule has 2 nitrogen and oxygen atoms in total. The number of carbonyl (C=O) groups excluding carboxylic acids is 1. The molecule has 1 aromatic carbocycles. The van der Waals surface area contributed by atoms with E-state index in [0.29, 0.717) is 5.75 Å². The van der Waals surface area contributed by atoms with Gasteiger partial charge in [0.05, 0.1) is 5.75 Å².